The van der Waals surface area contributed by atoms with E-state index in [0.29, 0.717) is 19.1 Å². The molecule has 0 saturated heterocycles. The van der Waals surface area contributed by atoms with Crippen molar-refractivity contribution in [2.75, 3.05) is 37.0 Å². The monoisotopic (exact) mass is 286 g/mol. The molecule has 112 valence electrons. The van der Waals surface area contributed by atoms with Gasteiger partial charge in [-0.25, -0.2) is 4.98 Å². The van der Waals surface area contributed by atoms with Gasteiger partial charge in [-0.1, -0.05) is 30.3 Å². The molecule has 1 N–H and O–H groups in total. The Morgan fingerprint density at radius 2 is 2.00 bits per heavy atom. The summed E-state index contributed by atoms with van der Waals surface area (Å²) >= 11 is 0. The van der Waals surface area contributed by atoms with Gasteiger partial charge in [0, 0.05) is 32.9 Å². The third-order valence-corrected chi connectivity index (χ3v) is 3.15. The van der Waals surface area contributed by atoms with Gasteiger partial charge in [0.25, 0.3) is 0 Å². The topological polar surface area (TPSA) is 50.3 Å². The smallest absolute Gasteiger partial charge is 0.224 e. The van der Waals surface area contributed by atoms with Gasteiger partial charge in [0.1, 0.15) is 5.82 Å². The van der Waals surface area contributed by atoms with E-state index < -0.39 is 0 Å². The Balaban J connectivity index is 2.05. The van der Waals surface area contributed by atoms with Crippen LogP contribution in [0.3, 0.4) is 0 Å². The molecule has 0 bridgehead atoms. The number of aromatic nitrogens is 2. The molecule has 1 aromatic heterocycles. The maximum atomic E-state index is 5.01. The van der Waals surface area contributed by atoms with Crippen LogP contribution in [-0.2, 0) is 11.3 Å². The van der Waals surface area contributed by atoms with Crippen molar-refractivity contribution in [1.29, 1.82) is 0 Å². The Kier molecular flexibility index (Phi) is 5.97. The van der Waals surface area contributed by atoms with E-state index in [1.807, 2.05) is 12.1 Å². The van der Waals surface area contributed by atoms with E-state index >= 15 is 0 Å². The number of ether oxygens (including phenoxy) is 1. The first-order chi connectivity index (χ1) is 10.3. The molecule has 0 aliphatic heterocycles. The highest BCUT2D eigenvalue weighted by atomic mass is 16.5. The van der Waals surface area contributed by atoms with Gasteiger partial charge in [0.15, 0.2) is 0 Å². The summed E-state index contributed by atoms with van der Waals surface area (Å²) < 4.78 is 5.01. The standard InChI is InChI=1S/C16H22N4O/c1-3-20(13-14-7-5-4-6-8-14)15-9-10-17-16(19-15)18-11-12-21-2/h4-10H,3,11-13H2,1-2H3,(H,17,18,19). The van der Waals surface area contributed by atoms with Crippen LogP contribution in [0.1, 0.15) is 12.5 Å². The molecule has 21 heavy (non-hydrogen) atoms. The number of hydrogen-bond donors (Lipinski definition) is 1. The van der Waals surface area contributed by atoms with Crippen LogP contribution < -0.4 is 10.2 Å². The van der Waals surface area contributed by atoms with Crippen LogP contribution in [0, 0.1) is 0 Å². The van der Waals surface area contributed by atoms with Gasteiger partial charge in [-0.3, -0.25) is 0 Å². The van der Waals surface area contributed by atoms with Crippen molar-refractivity contribution < 1.29 is 4.74 Å². The summed E-state index contributed by atoms with van der Waals surface area (Å²) in [6.45, 7) is 5.19. The zero-order valence-corrected chi connectivity index (χ0v) is 12.6. The quantitative estimate of drug-likeness (QED) is 0.756. The predicted octanol–water partition coefficient (Wildman–Crippen LogP) is 2.56. The lowest BCUT2D eigenvalue weighted by atomic mass is 10.2. The van der Waals surface area contributed by atoms with E-state index in [1.54, 1.807) is 13.3 Å². The lowest BCUT2D eigenvalue weighted by Gasteiger charge is -2.22. The number of anilines is 2. The van der Waals surface area contributed by atoms with Gasteiger partial charge >= 0.3 is 0 Å². The minimum absolute atomic E-state index is 0.634. The number of rotatable bonds is 8. The highest BCUT2D eigenvalue weighted by Gasteiger charge is 2.08. The van der Waals surface area contributed by atoms with Gasteiger partial charge < -0.3 is 15.0 Å². The molecule has 5 nitrogen and oxygen atoms in total. The molecule has 1 aromatic carbocycles. The van der Waals surface area contributed by atoms with E-state index in [1.165, 1.54) is 5.56 Å². The Morgan fingerprint density at radius 3 is 2.71 bits per heavy atom. The zero-order chi connectivity index (χ0) is 14.9. The second kappa shape index (κ2) is 8.21. The second-order valence-corrected chi connectivity index (χ2v) is 4.66. The fourth-order valence-corrected chi connectivity index (χ4v) is 2.03. The molecule has 0 unspecified atom stereocenters. The van der Waals surface area contributed by atoms with Crippen LogP contribution in [0.15, 0.2) is 42.6 Å². The molecule has 2 rings (SSSR count). The predicted molar refractivity (Wildman–Crippen MR) is 85.6 cm³/mol. The van der Waals surface area contributed by atoms with Gasteiger partial charge in [-0.05, 0) is 18.6 Å². The van der Waals surface area contributed by atoms with Crippen molar-refractivity contribution in [1.82, 2.24) is 9.97 Å². The Bertz CT molecular complexity index is 533. The van der Waals surface area contributed by atoms with E-state index in [0.717, 1.165) is 18.9 Å². The van der Waals surface area contributed by atoms with E-state index in [9.17, 15) is 0 Å². The third kappa shape index (κ3) is 4.72. The molecule has 1 heterocycles. The summed E-state index contributed by atoms with van der Waals surface area (Å²) in [7, 11) is 1.68. The van der Waals surface area contributed by atoms with Crippen LogP contribution in [0.5, 0.6) is 0 Å². The zero-order valence-electron chi connectivity index (χ0n) is 12.6. The summed E-state index contributed by atoms with van der Waals surface area (Å²) in [4.78, 5) is 11.0. The average molecular weight is 286 g/mol. The van der Waals surface area contributed by atoms with Gasteiger partial charge in [0.05, 0.1) is 6.61 Å². The lowest BCUT2D eigenvalue weighted by molar-refractivity contribution is 0.210. The third-order valence-electron chi connectivity index (χ3n) is 3.15. The molecule has 0 aliphatic carbocycles. The summed E-state index contributed by atoms with van der Waals surface area (Å²) in [5, 5.41) is 3.15. The Hall–Kier alpha value is -2.14. The minimum Gasteiger partial charge on any atom is -0.383 e. The van der Waals surface area contributed by atoms with Gasteiger partial charge in [0.2, 0.25) is 5.95 Å². The maximum absolute atomic E-state index is 5.01. The fourth-order valence-electron chi connectivity index (χ4n) is 2.03. The summed E-state index contributed by atoms with van der Waals surface area (Å²) in [5.74, 6) is 1.56. The van der Waals surface area contributed by atoms with Crippen LogP contribution in [0.2, 0.25) is 0 Å². The summed E-state index contributed by atoms with van der Waals surface area (Å²) in [6, 6.07) is 12.3. The van der Waals surface area contributed by atoms with Gasteiger partial charge in [-0.15, -0.1) is 0 Å². The summed E-state index contributed by atoms with van der Waals surface area (Å²) in [5.41, 5.74) is 1.27. The molecule has 0 spiro atoms. The molecule has 0 amide bonds. The van der Waals surface area contributed by atoms with E-state index in [2.05, 4.69) is 51.4 Å². The largest absolute Gasteiger partial charge is 0.383 e. The van der Waals surface area contributed by atoms with E-state index in [4.69, 9.17) is 4.74 Å². The molecule has 2 aromatic rings. The Labute approximate surface area is 126 Å². The molecule has 0 fully saturated rings. The van der Waals surface area contributed by atoms with Crippen molar-refractivity contribution in [2.24, 2.45) is 0 Å². The molecular weight excluding hydrogens is 264 g/mol. The fraction of sp³-hybridized carbons (Fsp3) is 0.375. The molecule has 0 aliphatic rings. The Morgan fingerprint density at radius 1 is 1.19 bits per heavy atom. The normalized spacial score (nSPS) is 10.4. The molecule has 0 atom stereocenters. The maximum Gasteiger partial charge on any atom is 0.224 e. The molecule has 5 heteroatoms. The number of hydrogen-bond acceptors (Lipinski definition) is 5. The number of benzene rings is 1. The highest BCUT2D eigenvalue weighted by Crippen LogP contribution is 2.15. The van der Waals surface area contributed by atoms with Crippen molar-refractivity contribution in [3.8, 4) is 0 Å². The van der Waals surface area contributed by atoms with Crippen molar-refractivity contribution >= 4 is 11.8 Å². The van der Waals surface area contributed by atoms with Gasteiger partial charge in [-0.2, -0.15) is 4.98 Å². The lowest BCUT2D eigenvalue weighted by Crippen LogP contribution is -2.23. The molecule has 0 radical (unpaired) electrons. The number of methoxy groups -OCH3 is 1. The van der Waals surface area contributed by atoms with Crippen molar-refractivity contribution in [3.05, 3.63) is 48.2 Å². The SMILES string of the molecule is CCN(Cc1ccccc1)c1ccnc(NCCOC)n1. The first kappa shape index (κ1) is 15.3. The minimum atomic E-state index is 0.634. The molecular formula is C16H22N4O. The second-order valence-electron chi connectivity index (χ2n) is 4.66. The highest BCUT2D eigenvalue weighted by molar-refractivity contribution is 5.43. The first-order valence-corrected chi connectivity index (χ1v) is 7.18. The van der Waals surface area contributed by atoms with Crippen LogP contribution in [-0.4, -0.2) is 36.8 Å². The van der Waals surface area contributed by atoms with Crippen molar-refractivity contribution in [2.45, 2.75) is 13.5 Å². The van der Waals surface area contributed by atoms with Crippen LogP contribution in [0.4, 0.5) is 11.8 Å². The first-order valence-electron chi connectivity index (χ1n) is 7.18. The molecule has 0 saturated carbocycles. The van der Waals surface area contributed by atoms with Crippen LogP contribution >= 0.6 is 0 Å². The summed E-state index contributed by atoms with van der Waals surface area (Å²) in [6.07, 6.45) is 1.78. The van der Waals surface area contributed by atoms with Crippen LogP contribution in [0.25, 0.3) is 0 Å². The van der Waals surface area contributed by atoms with E-state index in [-0.39, 0.29) is 0 Å². The average Bonchev–Trinajstić information content (AvgIpc) is 2.54. The number of nitrogens with zero attached hydrogens (tertiary/aromatic N) is 3. The van der Waals surface area contributed by atoms with Crippen molar-refractivity contribution in [3.63, 3.8) is 0 Å². The number of nitrogens with one attached hydrogen (secondary N) is 1.